The molecule has 15 heavy (non-hydrogen) atoms. The highest BCUT2D eigenvalue weighted by molar-refractivity contribution is 5.81. The topological polar surface area (TPSA) is 59.0 Å². The van der Waals surface area contributed by atoms with Gasteiger partial charge in [0.2, 0.25) is 0 Å². The van der Waals surface area contributed by atoms with E-state index < -0.39 is 0 Å². The second-order valence-corrected chi connectivity index (χ2v) is 3.54. The van der Waals surface area contributed by atoms with Gasteiger partial charge in [-0.2, -0.15) is 0 Å². The highest BCUT2D eigenvalue weighted by Gasteiger charge is 2.22. The highest BCUT2D eigenvalue weighted by atomic mass is 16.5. The van der Waals surface area contributed by atoms with Crippen LogP contribution in [0.2, 0.25) is 0 Å². The molecule has 1 saturated heterocycles. The van der Waals surface area contributed by atoms with Crippen LogP contribution in [-0.4, -0.2) is 55.0 Å². The third-order valence-electron chi connectivity index (χ3n) is 2.18. The zero-order valence-corrected chi connectivity index (χ0v) is 9.05. The van der Waals surface area contributed by atoms with Crippen molar-refractivity contribution in [3.05, 3.63) is 12.3 Å². The summed E-state index contributed by atoms with van der Waals surface area (Å²) < 4.78 is 9.95. The van der Waals surface area contributed by atoms with E-state index in [0.717, 1.165) is 0 Å². The average Bonchev–Trinajstić information content (AvgIpc) is 2.25. The molecular weight excluding hydrogens is 198 g/mol. The molecule has 2 atom stereocenters. The molecule has 1 fully saturated rings. The van der Waals surface area contributed by atoms with Gasteiger partial charge in [-0.05, 0) is 6.92 Å². The predicted molar refractivity (Wildman–Crippen MR) is 54.1 cm³/mol. The van der Waals surface area contributed by atoms with E-state index in [4.69, 9.17) is 9.84 Å². The second kappa shape index (κ2) is 5.72. The number of hydrogen-bond donors (Lipinski definition) is 1. The van der Waals surface area contributed by atoms with E-state index in [1.54, 1.807) is 6.20 Å². The summed E-state index contributed by atoms with van der Waals surface area (Å²) >= 11 is 0. The molecular formula is C10H17NO4. The fourth-order valence-corrected chi connectivity index (χ4v) is 1.54. The van der Waals surface area contributed by atoms with Crippen molar-refractivity contribution in [3.63, 3.8) is 0 Å². The van der Waals surface area contributed by atoms with Gasteiger partial charge in [-0.3, -0.25) is 0 Å². The van der Waals surface area contributed by atoms with E-state index in [1.807, 2.05) is 11.8 Å². The van der Waals surface area contributed by atoms with Gasteiger partial charge in [-0.25, -0.2) is 4.79 Å². The molecule has 0 aromatic heterocycles. The van der Waals surface area contributed by atoms with Gasteiger partial charge in [0.25, 0.3) is 0 Å². The Morgan fingerprint density at radius 3 is 3.00 bits per heavy atom. The van der Waals surface area contributed by atoms with Gasteiger partial charge in [0, 0.05) is 25.4 Å². The van der Waals surface area contributed by atoms with Gasteiger partial charge < -0.3 is 19.5 Å². The molecule has 1 N–H and O–H groups in total. The van der Waals surface area contributed by atoms with Crippen molar-refractivity contribution in [1.82, 2.24) is 4.90 Å². The minimum absolute atomic E-state index is 0.00704. The summed E-state index contributed by atoms with van der Waals surface area (Å²) in [6.45, 7) is 3.23. The number of rotatable bonds is 3. The van der Waals surface area contributed by atoms with E-state index in [2.05, 4.69) is 4.74 Å². The number of aliphatic hydroxyl groups excluding tert-OH is 1. The number of aliphatic hydroxyl groups is 1. The maximum Gasteiger partial charge on any atom is 0.331 e. The maximum atomic E-state index is 10.9. The highest BCUT2D eigenvalue weighted by Crippen LogP contribution is 2.10. The number of ether oxygens (including phenoxy) is 2. The largest absolute Gasteiger partial charge is 0.466 e. The molecule has 5 nitrogen and oxygen atoms in total. The summed E-state index contributed by atoms with van der Waals surface area (Å²) in [7, 11) is 1.34. The molecule has 0 aliphatic carbocycles. The smallest absolute Gasteiger partial charge is 0.331 e. The Kier molecular flexibility index (Phi) is 4.58. The van der Waals surface area contributed by atoms with Gasteiger partial charge in [-0.1, -0.05) is 0 Å². The number of nitrogens with zero attached hydrogens (tertiary/aromatic N) is 1. The fraction of sp³-hybridized carbons (Fsp3) is 0.700. The van der Waals surface area contributed by atoms with Crippen LogP contribution in [0.4, 0.5) is 0 Å². The van der Waals surface area contributed by atoms with Gasteiger partial charge in [0.1, 0.15) is 0 Å². The summed E-state index contributed by atoms with van der Waals surface area (Å²) in [5.74, 6) is -0.380. The predicted octanol–water partition coefficient (Wildman–Crippen LogP) is -0.245. The van der Waals surface area contributed by atoms with Crippen molar-refractivity contribution in [2.24, 2.45) is 0 Å². The maximum absolute atomic E-state index is 10.9. The average molecular weight is 215 g/mol. The summed E-state index contributed by atoms with van der Waals surface area (Å²) in [5.41, 5.74) is 0. The van der Waals surface area contributed by atoms with Crippen molar-refractivity contribution in [2.75, 3.05) is 26.8 Å². The summed E-state index contributed by atoms with van der Waals surface area (Å²) in [6.07, 6.45) is 2.91. The number of hydrogen-bond acceptors (Lipinski definition) is 5. The fourth-order valence-electron chi connectivity index (χ4n) is 1.54. The lowest BCUT2D eigenvalue weighted by atomic mass is 10.2. The van der Waals surface area contributed by atoms with Gasteiger partial charge in [0.15, 0.2) is 0 Å². The minimum atomic E-state index is -0.380. The lowest BCUT2D eigenvalue weighted by Crippen LogP contribution is -2.45. The molecule has 0 saturated carbocycles. The van der Waals surface area contributed by atoms with Crippen molar-refractivity contribution in [1.29, 1.82) is 0 Å². The molecule has 0 spiro atoms. The third kappa shape index (κ3) is 3.89. The number of carbonyl (C=O) groups excluding carboxylic acids is 1. The molecule has 0 radical (unpaired) electrons. The zero-order valence-electron chi connectivity index (χ0n) is 9.05. The molecule has 0 bridgehead atoms. The van der Waals surface area contributed by atoms with E-state index in [0.29, 0.717) is 13.1 Å². The van der Waals surface area contributed by atoms with Gasteiger partial charge >= 0.3 is 5.97 Å². The second-order valence-electron chi connectivity index (χ2n) is 3.54. The number of esters is 1. The molecule has 2 unspecified atom stereocenters. The Labute approximate surface area is 89.3 Å². The van der Waals surface area contributed by atoms with Crippen LogP contribution < -0.4 is 0 Å². The van der Waals surface area contributed by atoms with Crippen LogP contribution in [0.25, 0.3) is 0 Å². The van der Waals surface area contributed by atoms with Gasteiger partial charge in [0.05, 0.1) is 25.9 Å². The summed E-state index contributed by atoms with van der Waals surface area (Å²) in [5, 5.41) is 8.98. The van der Waals surface area contributed by atoms with E-state index in [9.17, 15) is 4.79 Å². The Hall–Kier alpha value is -1.07. The molecule has 0 aromatic rings. The molecule has 86 valence electrons. The quantitative estimate of drug-likeness (QED) is 0.520. The van der Waals surface area contributed by atoms with Crippen LogP contribution in [0.15, 0.2) is 12.3 Å². The molecule has 5 heteroatoms. The van der Waals surface area contributed by atoms with Crippen molar-refractivity contribution in [2.45, 2.75) is 19.1 Å². The molecule has 1 aliphatic heterocycles. The summed E-state index contributed by atoms with van der Waals surface area (Å²) in [4.78, 5) is 12.8. The zero-order chi connectivity index (χ0) is 11.3. The Morgan fingerprint density at radius 2 is 2.40 bits per heavy atom. The first kappa shape index (κ1) is 12.0. The van der Waals surface area contributed by atoms with Crippen LogP contribution in [0.1, 0.15) is 6.92 Å². The van der Waals surface area contributed by atoms with Crippen LogP contribution in [0.3, 0.4) is 0 Å². The molecule has 0 amide bonds. The van der Waals surface area contributed by atoms with E-state index >= 15 is 0 Å². The van der Waals surface area contributed by atoms with Crippen molar-refractivity contribution < 1.29 is 19.4 Å². The first-order valence-corrected chi connectivity index (χ1v) is 4.92. The van der Waals surface area contributed by atoms with E-state index in [1.165, 1.54) is 13.2 Å². The molecule has 0 aromatic carbocycles. The van der Waals surface area contributed by atoms with Crippen molar-refractivity contribution in [3.8, 4) is 0 Å². The van der Waals surface area contributed by atoms with Crippen LogP contribution in [0, 0.1) is 0 Å². The van der Waals surface area contributed by atoms with Crippen LogP contribution in [0.5, 0.6) is 0 Å². The Balaban J connectivity index is 2.47. The number of methoxy groups -OCH3 is 1. The van der Waals surface area contributed by atoms with E-state index in [-0.39, 0.29) is 24.8 Å². The standard InChI is InChI=1S/C10H17NO4/c1-8-5-11(4-3-10(13)14-2)6-9(7-12)15-8/h3-4,8-9,12H,5-7H2,1-2H3/b4-3+. The van der Waals surface area contributed by atoms with Crippen molar-refractivity contribution >= 4 is 5.97 Å². The number of morpholine rings is 1. The van der Waals surface area contributed by atoms with Crippen LogP contribution >= 0.6 is 0 Å². The van der Waals surface area contributed by atoms with Crippen LogP contribution in [-0.2, 0) is 14.3 Å². The molecule has 1 heterocycles. The lowest BCUT2D eigenvalue weighted by molar-refractivity contribution is -0.135. The first-order valence-electron chi connectivity index (χ1n) is 4.92. The molecule has 1 rings (SSSR count). The summed E-state index contributed by atoms with van der Waals surface area (Å²) in [6, 6.07) is 0. The minimum Gasteiger partial charge on any atom is -0.466 e. The monoisotopic (exact) mass is 215 g/mol. The number of carbonyl (C=O) groups is 1. The first-order chi connectivity index (χ1) is 7.15. The SMILES string of the molecule is COC(=O)/C=C/N1CC(C)OC(CO)C1. The third-order valence-corrected chi connectivity index (χ3v) is 2.18. The molecule has 1 aliphatic rings. The lowest BCUT2D eigenvalue weighted by Gasteiger charge is -2.35. The Bertz CT molecular complexity index is 242. The normalized spacial score (nSPS) is 27.0. The Morgan fingerprint density at radius 1 is 1.67 bits per heavy atom. The van der Waals surface area contributed by atoms with Gasteiger partial charge in [-0.15, -0.1) is 0 Å².